The molecule has 0 radical (unpaired) electrons. The highest BCUT2D eigenvalue weighted by Crippen LogP contribution is 2.42. The fourth-order valence-electron chi connectivity index (χ4n) is 6.98. The number of hydrogen-bond acceptors (Lipinski definition) is 8. The van der Waals surface area contributed by atoms with E-state index < -0.39 is 11.8 Å². The summed E-state index contributed by atoms with van der Waals surface area (Å²) in [4.78, 5) is 53.5. The van der Waals surface area contributed by atoms with Crippen LogP contribution in [-0.2, 0) is 16.6 Å². The lowest BCUT2D eigenvalue weighted by Gasteiger charge is -2.47. The number of nitrogens with zero attached hydrogens (tertiary/aromatic N) is 5. The van der Waals surface area contributed by atoms with Crippen molar-refractivity contribution in [3.63, 3.8) is 0 Å². The fourth-order valence-corrected chi connectivity index (χ4v) is 7.15. The molecule has 11 nitrogen and oxygen atoms in total. The van der Waals surface area contributed by atoms with Crippen LogP contribution in [0.3, 0.4) is 0 Å². The number of hydrogen-bond donors (Lipinski definition) is 2. The molecule has 0 saturated carbocycles. The molecule has 1 atom stereocenters. The minimum Gasteiger partial charge on any atom is -0.396 e. The Kier molecular flexibility index (Phi) is 12.5. The van der Waals surface area contributed by atoms with Gasteiger partial charge >= 0.3 is 0 Å². The lowest BCUT2D eigenvalue weighted by atomic mass is 9.71. The minimum atomic E-state index is -0.611. The van der Waals surface area contributed by atoms with Gasteiger partial charge in [0.15, 0.2) is 0 Å². The Morgan fingerprint density at radius 2 is 1.67 bits per heavy atom. The average Bonchev–Trinajstić information content (AvgIpc) is 3.14. The molecular weight excluding hydrogens is 673 g/mol. The first-order valence-corrected chi connectivity index (χ1v) is 17.9. The number of aromatic nitrogens is 2. The molecule has 1 unspecified atom stereocenters. The Hall–Kier alpha value is -4.71. The molecule has 7 rings (SSSR count). The monoisotopic (exact) mass is 719 g/mol. The molecule has 3 amide bonds. The first kappa shape index (κ1) is 37.5. The molecule has 5 heterocycles. The maximum atomic E-state index is 14.9. The molecule has 51 heavy (non-hydrogen) atoms. The molecule has 0 bridgehead atoms. The van der Waals surface area contributed by atoms with Crippen molar-refractivity contribution in [1.82, 2.24) is 24.9 Å². The average molecular weight is 720 g/mol. The Balaban J connectivity index is 0.000000242. The van der Waals surface area contributed by atoms with Crippen LogP contribution >= 0.6 is 11.6 Å². The summed E-state index contributed by atoms with van der Waals surface area (Å²) >= 11 is 5.48. The molecule has 272 valence electrons. The van der Waals surface area contributed by atoms with Crippen molar-refractivity contribution in [2.75, 3.05) is 50.4 Å². The van der Waals surface area contributed by atoms with Gasteiger partial charge in [0.05, 0.1) is 17.8 Å². The van der Waals surface area contributed by atoms with E-state index in [1.165, 1.54) is 38.7 Å². The number of likely N-dealkylation sites (tertiary alicyclic amines) is 1. The third kappa shape index (κ3) is 9.55. The molecule has 4 aliphatic heterocycles. The first-order chi connectivity index (χ1) is 24.5. The van der Waals surface area contributed by atoms with Gasteiger partial charge in [-0.2, -0.15) is 5.10 Å². The zero-order valence-electron chi connectivity index (χ0n) is 29.3. The summed E-state index contributed by atoms with van der Waals surface area (Å²) in [5, 5.41) is 5.97. The summed E-state index contributed by atoms with van der Waals surface area (Å²) in [7, 11) is 3.61. The van der Waals surface area contributed by atoms with E-state index in [0.29, 0.717) is 12.0 Å². The number of allylic oxidation sites excluding steroid dienone is 1. The van der Waals surface area contributed by atoms with Crippen LogP contribution in [0.15, 0.2) is 71.8 Å². The number of nitrogens with one attached hydrogen (secondary N) is 1. The maximum Gasteiger partial charge on any atom is 0.287 e. The van der Waals surface area contributed by atoms with Gasteiger partial charge in [-0.15, -0.1) is 0 Å². The smallest absolute Gasteiger partial charge is 0.287 e. The number of nitrogen functional groups attached to an aromatic ring is 1. The molecular formula is C38H47ClFN7O4. The maximum absolute atomic E-state index is 14.9. The first-order valence-electron chi connectivity index (χ1n) is 17.5. The number of nitrogens with two attached hydrogens (primary N) is 1. The highest BCUT2D eigenvalue weighted by Gasteiger charge is 2.39. The fraction of sp³-hybridized carbons (Fsp3) is 0.447. The van der Waals surface area contributed by atoms with Crippen LogP contribution < -0.4 is 21.5 Å². The zero-order valence-corrected chi connectivity index (χ0v) is 30.1. The van der Waals surface area contributed by atoms with Crippen LogP contribution in [0, 0.1) is 11.2 Å². The van der Waals surface area contributed by atoms with Crippen LogP contribution in [0.5, 0.6) is 0 Å². The number of rotatable bonds is 3. The van der Waals surface area contributed by atoms with Crippen LogP contribution in [0.25, 0.3) is 0 Å². The lowest BCUT2D eigenvalue weighted by molar-refractivity contribution is -0.134. The van der Waals surface area contributed by atoms with E-state index in [2.05, 4.69) is 39.5 Å². The Bertz CT molecular complexity index is 1780. The highest BCUT2D eigenvalue weighted by molar-refractivity contribution is 6.32. The number of aryl methyl sites for hydroxylation is 1. The summed E-state index contributed by atoms with van der Waals surface area (Å²) in [5.74, 6) is -1.60. The number of anilines is 2. The Morgan fingerprint density at radius 1 is 0.980 bits per heavy atom. The number of piperidine rings is 3. The summed E-state index contributed by atoms with van der Waals surface area (Å²) in [6.07, 6.45) is 12.9. The second-order valence-electron chi connectivity index (χ2n) is 13.7. The van der Waals surface area contributed by atoms with E-state index >= 15 is 0 Å². The van der Waals surface area contributed by atoms with Crippen molar-refractivity contribution < 1.29 is 18.8 Å². The third-order valence-corrected chi connectivity index (χ3v) is 10.6. The van der Waals surface area contributed by atoms with Crippen LogP contribution in [-0.4, -0.2) is 77.1 Å². The zero-order chi connectivity index (χ0) is 36.5. The van der Waals surface area contributed by atoms with Gasteiger partial charge in [0.25, 0.3) is 11.5 Å². The largest absolute Gasteiger partial charge is 0.396 e. The van der Waals surface area contributed by atoms with Crippen LogP contribution in [0.4, 0.5) is 15.8 Å². The van der Waals surface area contributed by atoms with E-state index in [-0.39, 0.29) is 45.7 Å². The van der Waals surface area contributed by atoms with Crippen LogP contribution in [0.1, 0.15) is 73.2 Å². The molecule has 1 spiro atoms. The standard InChI is InChI=1S/C27H30FN3O3.C6H11N.C5H6ClN3O/c28-23-18-20(6-7-21(23)22-8-9-24(32)29-25(22)33)30-14-10-27(11-15-30)12-16-31(17-13-27)26(34)19-4-2-1-3-5-19;1-7-5-3-2-4-6-7;1-9-5(10)4(6)3(7)2-8-9/h1-7,18,22H,8-17H2,(H,29,32,33);3,5H,2,4,6H2,1H3;2H,7H2,1H3. The van der Waals surface area contributed by atoms with Crippen molar-refractivity contribution in [2.45, 2.75) is 57.3 Å². The van der Waals surface area contributed by atoms with E-state index in [0.717, 1.165) is 67.8 Å². The van der Waals surface area contributed by atoms with Gasteiger partial charge in [-0.3, -0.25) is 24.5 Å². The Morgan fingerprint density at radius 3 is 2.24 bits per heavy atom. The minimum absolute atomic E-state index is 0.0255. The second kappa shape index (κ2) is 17.0. The van der Waals surface area contributed by atoms with E-state index in [9.17, 15) is 23.6 Å². The molecule has 1 aromatic heterocycles. The van der Waals surface area contributed by atoms with E-state index in [4.69, 9.17) is 17.3 Å². The molecule has 0 aliphatic carbocycles. The van der Waals surface area contributed by atoms with E-state index in [1.807, 2.05) is 41.3 Å². The van der Waals surface area contributed by atoms with Gasteiger partial charge in [-0.05, 0) is 80.8 Å². The predicted molar refractivity (Wildman–Crippen MR) is 197 cm³/mol. The number of imide groups is 1. The second-order valence-corrected chi connectivity index (χ2v) is 14.1. The molecule has 13 heteroatoms. The quantitative estimate of drug-likeness (QED) is 0.357. The number of amides is 3. The SMILES string of the molecule is CN1C=CCCC1.Cn1ncc(N)c(Cl)c1=O.O=C1CCC(c2ccc(N3CCC4(CCN(C(=O)c5ccccc5)CC4)CC3)cc2F)C(=O)N1. The summed E-state index contributed by atoms with van der Waals surface area (Å²) in [6, 6.07) is 14.6. The number of benzene rings is 2. The van der Waals surface area contributed by atoms with Gasteiger partial charge in [-0.25, -0.2) is 9.07 Å². The number of carbonyl (C=O) groups excluding carboxylic acids is 3. The molecule has 4 aliphatic rings. The molecule has 3 aromatic rings. The number of halogens is 2. The Labute approximate surface area is 303 Å². The van der Waals surface area contributed by atoms with E-state index in [1.54, 1.807) is 6.07 Å². The van der Waals surface area contributed by atoms with Crippen molar-refractivity contribution in [3.8, 4) is 0 Å². The normalized spacial score (nSPS) is 19.8. The van der Waals surface area contributed by atoms with Crippen molar-refractivity contribution >= 4 is 40.7 Å². The molecule has 2 aromatic carbocycles. The third-order valence-electron chi connectivity index (χ3n) is 10.3. The van der Waals surface area contributed by atoms with Gasteiger partial charge < -0.3 is 20.4 Å². The van der Waals surface area contributed by atoms with Crippen molar-refractivity contribution in [3.05, 3.63) is 99.3 Å². The topological polar surface area (TPSA) is 134 Å². The number of carbonyl (C=O) groups is 3. The molecule has 3 N–H and O–H groups in total. The van der Waals surface area contributed by atoms with Crippen LogP contribution in [0.2, 0.25) is 5.02 Å². The van der Waals surface area contributed by atoms with Crippen molar-refractivity contribution in [1.29, 1.82) is 0 Å². The highest BCUT2D eigenvalue weighted by atomic mass is 35.5. The summed E-state index contributed by atoms with van der Waals surface area (Å²) in [5.41, 5.74) is 7.30. The predicted octanol–water partition coefficient (Wildman–Crippen LogP) is 5.11. The van der Waals surface area contributed by atoms with Gasteiger partial charge in [0, 0.05) is 70.1 Å². The summed E-state index contributed by atoms with van der Waals surface area (Å²) in [6.45, 7) is 4.50. The molecule has 3 fully saturated rings. The van der Waals surface area contributed by atoms with Gasteiger partial charge in [0.1, 0.15) is 10.8 Å². The van der Waals surface area contributed by atoms with Gasteiger partial charge in [-0.1, -0.05) is 41.9 Å². The molecule has 3 saturated heterocycles. The van der Waals surface area contributed by atoms with Gasteiger partial charge in [0.2, 0.25) is 11.8 Å². The van der Waals surface area contributed by atoms with Crippen molar-refractivity contribution in [2.24, 2.45) is 12.5 Å². The summed E-state index contributed by atoms with van der Waals surface area (Å²) < 4.78 is 16.1. The lowest BCUT2D eigenvalue weighted by Crippen LogP contribution is -2.48.